The number of hydrogen-bond acceptors (Lipinski definition) is 6. The van der Waals surface area contributed by atoms with Crippen LogP contribution in [-0.4, -0.2) is 24.3 Å². The van der Waals surface area contributed by atoms with Gasteiger partial charge in [0.1, 0.15) is 4.90 Å². The molecule has 0 atom stereocenters. The fraction of sp³-hybridized carbons (Fsp3) is 0.250. The zero-order valence-electron chi connectivity index (χ0n) is 11.3. The Balaban J connectivity index is 2.41. The zero-order chi connectivity index (χ0) is 15.5. The number of hydrogen-bond donors (Lipinski definition) is 2. The monoisotopic (exact) mass is 390 g/mol. The first kappa shape index (κ1) is 16.4. The van der Waals surface area contributed by atoms with Gasteiger partial charge in [0, 0.05) is 28.6 Å². The molecule has 0 spiro atoms. The van der Waals surface area contributed by atoms with E-state index in [1.165, 1.54) is 27.9 Å². The van der Waals surface area contributed by atoms with Crippen LogP contribution in [0.1, 0.15) is 11.8 Å². The Bertz CT molecular complexity index is 704. The van der Waals surface area contributed by atoms with Gasteiger partial charge < -0.3 is 5.43 Å². The molecule has 0 aliphatic rings. The number of halogens is 1. The molecule has 0 aromatic carbocycles. The van der Waals surface area contributed by atoms with E-state index in [2.05, 4.69) is 26.3 Å². The van der Waals surface area contributed by atoms with E-state index in [-0.39, 0.29) is 10.7 Å². The van der Waals surface area contributed by atoms with Gasteiger partial charge >= 0.3 is 0 Å². The van der Waals surface area contributed by atoms with Crippen molar-refractivity contribution >= 4 is 43.1 Å². The van der Waals surface area contributed by atoms with Crippen LogP contribution in [0.15, 0.2) is 39.1 Å². The van der Waals surface area contributed by atoms with Crippen molar-refractivity contribution < 1.29 is 8.42 Å². The standard InChI is InChI=1S/C12H15BrN4O2S2/c1-2-17(8-10-4-3-5-20-10)21(18,19)11-6-9(13)7-15-12(11)16-14/h3-7H,2,8,14H2,1H3,(H,15,16). The highest BCUT2D eigenvalue weighted by atomic mass is 79.9. The van der Waals surface area contributed by atoms with Crippen molar-refractivity contribution in [1.29, 1.82) is 0 Å². The minimum Gasteiger partial charge on any atom is -0.307 e. The molecule has 0 aliphatic heterocycles. The minimum absolute atomic E-state index is 0.0535. The van der Waals surface area contributed by atoms with Crippen LogP contribution in [0.3, 0.4) is 0 Å². The molecule has 114 valence electrons. The SMILES string of the molecule is CCN(Cc1cccs1)S(=O)(=O)c1cc(Br)cnc1NN. The molecule has 0 unspecified atom stereocenters. The van der Waals surface area contributed by atoms with Crippen molar-refractivity contribution in [2.24, 2.45) is 5.84 Å². The van der Waals surface area contributed by atoms with Gasteiger partial charge in [0.25, 0.3) is 0 Å². The second kappa shape index (κ2) is 6.84. The number of rotatable bonds is 6. The molecule has 0 radical (unpaired) electrons. The van der Waals surface area contributed by atoms with Gasteiger partial charge in [0.15, 0.2) is 5.82 Å². The number of hydrazine groups is 1. The topological polar surface area (TPSA) is 88.3 Å². The summed E-state index contributed by atoms with van der Waals surface area (Å²) >= 11 is 4.76. The van der Waals surface area contributed by atoms with Crippen molar-refractivity contribution in [2.75, 3.05) is 12.0 Å². The molecule has 0 amide bonds. The summed E-state index contributed by atoms with van der Waals surface area (Å²) < 4.78 is 27.6. The molecule has 2 aromatic rings. The lowest BCUT2D eigenvalue weighted by atomic mass is 10.4. The number of anilines is 1. The molecule has 0 aliphatic carbocycles. The Kier molecular flexibility index (Phi) is 5.33. The molecule has 0 fully saturated rings. The summed E-state index contributed by atoms with van der Waals surface area (Å²) in [6.45, 7) is 2.48. The largest absolute Gasteiger partial charge is 0.307 e. The van der Waals surface area contributed by atoms with Crippen LogP contribution >= 0.6 is 27.3 Å². The average molecular weight is 391 g/mol. The van der Waals surface area contributed by atoms with Crippen LogP contribution in [0.2, 0.25) is 0 Å². The van der Waals surface area contributed by atoms with Crippen molar-refractivity contribution in [3.8, 4) is 0 Å². The van der Waals surface area contributed by atoms with Gasteiger partial charge in [-0.3, -0.25) is 0 Å². The number of aromatic nitrogens is 1. The lowest BCUT2D eigenvalue weighted by Crippen LogP contribution is -2.31. The van der Waals surface area contributed by atoms with Crippen LogP contribution in [0.4, 0.5) is 5.82 Å². The third kappa shape index (κ3) is 3.61. The summed E-state index contributed by atoms with van der Waals surface area (Å²) in [7, 11) is -3.69. The first-order chi connectivity index (χ1) is 9.98. The maximum Gasteiger partial charge on any atom is 0.247 e. The molecule has 6 nitrogen and oxygen atoms in total. The van der Waals surface area contributed by atoms with Gasteiger partial charge in [-0.15, -0.1) is 11.3 Å². The van der Waals surface area contributed by atoms with Gasteiger partial charge in [-0.2, -0.15) is 4.31 Å². The highest BCUT2D eigenvalue weighted by Gasteiger charge is 2.27. The summed E-state index contributed by atoms with van der Waals surface area (Å²) in [6.07, 6.45) is 1.49. The number of nitrogens with one attached hydrogen (secondary N) is 1. The number of nitrogen functional groups attached to an aromatic ring is 1. The average Bonchev–Trinajstić information content (AvgIpc) is 2.97. The molecule has 0 saturated carbocycles. The highest BCUT2D eigenvalue weighted by molar-refractivity contribution is 9.10. The normalized spacial score (nSPS) is 11.8. The predicted octanol–water partition coefficient (Wildman–Crippen LogP) is 2.40. The van der Waals surface area contributed by atoms with E-state index in [4.69, 9.17) is 5.84 Å². The number of nitrogens with two attached hydrogens (primary N) is 1. The first-order valence-electron chi connectivity index (χ1n) is 6.13. The molecular formula is C12H15BrN4O2S2. The summed E-state index contributed by atoms with van der Waals surface area (Å²) in [5, 5.41) is 1.92. The second-order valence-corrected chi connectivity index (χ2v) is 8.01. The third-order valence-corrected chi connectivity index (χ3v) is 6.07. The maximum atomic E-state index is 12.8. The molecule has 9 heteroatoms. The van der Waals surface area contributed by atoms with Crippen LogP contribution < -0.4 is 11.3 Å². The molecule has 0 bridgehead atoms. The van der Waals surface area contributed by atoms with Gasteiger partial charge in [-0.25, -0.2) is 19.2 Å². The molecule has 21 heavy (non-hydrogen) atoms. The van der Waals surface area contributed by atoms with E-state index >= 15 is 0 Å². The maximum absolute atomic E-state index is 12.8. The van der Waals surface area contributed by atoms with Crippen molar-refractivity contribution in [3.05, 3.63) is 39.1 Å². The van der Waals surface area contributed by atoms with E-state index in [0.717, 1.165) is 4.88 Å². The molecule has 0 saturated heterocycles. The van der Waals surface area contributed by atoms with Gasteiger partial charge in [-0.1, -0.05) is 13.0 Å². The van der Waals surface area contributed by atoms with E-state index in [0.29, 0.717) is 17.6 Å². The van der Waals surface area contributed by atoms with Crippen LogP contribution in [0, 0.1) is 0 Å². The van der Waals surface area contributed by atoms with E-state index in [9.17, 15) is 8.42 Å². The Morgan fingerprint density at radius 1 is 1.52 bits per heavy atom. The summed E-state index contributed by atoms with van der Waals surface area (Å²) in [4.78, 5) is 5.02. The summed E-state index contributed by atoms with van der Waals surface area (Å²) in [5.41, 5.74) is 2.33. The molecule has 3 N–H and O–H groups in total. The highest BCUT2D eigenvalue weighted by Crippen LogP contribution is 2.27. The fourth-order valence-corrected chi connectivity index (χ4v) is 4.65. The number of nitrogens with zero attached hydrogens (tertiary/aromatic N) is 2. The fourth-order valence-electron chi connectivity index (χ4n) is 1.81. The van der Waals surface area contributed by atoms with Crippen molar-refractivity contribution in [1.82, 2.24) is 9.29 Å². The van der Waals surface area contributed by atoms with Gasteiger partial charge in [0.2, 0.25) is 10.0 Å². The van der Waals surface area contributed by atoms with Crippen molar-refractivity contribution in [2.45, 2.75) is 18.4 Å². The number of thiophene rings is 1. The lowest BCUT2D eigenvalue weighted by molar-refractivity contribution is 0.426. The summed E-state index contributed by atoms with van der Waals surface area (Å²) in [6, 6.07) is 5.30. The van der Waals surface area contributed by atoms with Crippen LogP contribution in [0.25, 0.3) is 0 Å². The third-order valence-electron chi connectivity index (χ3n) is 2.84. The molecule has 2 rings (SSSR count). The van der Waals surface area contributed by atoms with Crippen LogP contribution in [-0.2, 0) is 16.6 Å². The molecule has 2 heterocycles. The lowest BCUT2D eigenvalue weighted by Gasteiger charge is -2.21. The Hall–Kier alpha value is -1.00. The number of sulfonamides is 1. The molecular weight excluding hydrogens is 376 g/mol. The minimum atomic E-state index is -3.69. The first-order valence-corrected chi connectivity index (χ1v) is 9.25. The second-order valence-electron chi connectivity index (χ2n) is 4.16. The van der Waals surface area contributed by atoms with E-state index < -0.39 is 10.0 Å². The Morgan fingerprint density at radius 3 is 2.86 bits per heavy atom. The smallest absolute Gasteiger partial charge is 0.247 e. The predicted molar refractivity (Wildman–Crippen MR) is 87.3 cm³/mol. The zero-order valence-corrected chi connectivity index (χ0v) is 14.5. The van der Waals surface area contributed by atoms with Gasteiger partial charge in [-0.05, 0) is 33.4 Å². The molecule has 2 aromatic heterocycles. The van der Waals surface area contributed by atoms with E-state index in [1.807, 2.05) is 17.5 Å². The number of pyridine rings is 1. The van der Waals surface area contributed by atoms with Crippen molar-refractivity contribution in [3.63, 3.8) is 0 Å². The Labute approximate surface area is 136 Å². The summed E-state index contributed by atoms with van der Waals surface area (Å²) in [5.74, 6) is 5.49. The Morgan fingerprint density at radius 2 is 2.29 bits per heavy atom. The van der Waals surface area contributed by atoms with Crippen LogP contribution in [0.5, 0.6) is 0 Å². The van der Waals surface area contributed by atoms with Gasteiger partial charge in [0.05, 0.1) is 0 Å². The van der Waals surface area contributed by atoms with E-state index in [1.54, 1.807) is 6.92 Å². The quantitative estimate of drug-likeness (QED) is 0.583.